The molecule has 47 heavy (non-hydrogen) atoms. The smallest absolute Gasteiger partial charge is 0.347 e. The molecule has 0 N–H and O–H groups in total. The Balaban J connectivity index is 1.48. The summed E-state index contributed by atoms with van der Waals surface area (Å²) < 4.78 is 17.9. The van der Waals surface area contributed by atoms with E-state index in [1.807, 2.05) is 60.7 Å². The van der Waals surface area contributed by atoms with Crippen LogP contribution in [-0.2, 0) is 6.42 Å². The van der Waals surface area contributed by atoms with E-state index in [1.54, 1.807) is 0 Å². The highest BCUT2D eigenvalue weighted by atomic mass is 16.5. The van der Waals surface area contributed by atoms with Crippen LogP contribution in [0.2, 0.25) is 0 Å². The zero-order chi connectivity index (χ0) is 33.4. The largest absolute Gasteiger partial charge is 0.494 e. The van der Waals surface area contributed by atoms with Crippen LogP contribution in [0.5, 0.6) is 17.2 Å². The predicted octanol–water partition coefficient (Wildman–Crippen LogP) is 12.7. The molecule has 0 bridgehead atoms. The standard InChI is InChI=1S/C43H60O4/c1-4-7-10-12-14-15-16-18-21-33-45-39-28-24-37(25-29-39)38-26-30-40(31-27-38)47-43(44)41-32-23-36(22-19-17-13-11-8-5-2)35-42(41)46-34-20-9-6-3/h6,23-32,35H,3-5,7-22,33-34H2,1-2H3. The fourth-order valence-electron chi connectivity index (χ4n) is 5.75. The molecule has 0 aliphatic heterocycles. The first-order valence-electron chi connectivity index (χ1n) is 18.6. The lowest BCUT2D eigenvalue weighted by Gasteiger charge is -2.13. The van der Waals surface area contributed by atoms with Crippen LogP contribution >= 0.6 is 0 Å². The average Bonchev–Trinajstić information content (AvgIpc) is 3.10. The van der Waals surface area contributed by atoms with Gasteiger partial charge in [0.25, 0.3) is 0 Å². The number of hydrogen-bond donors (Lipinski definition) is 0. The van der Waals surface area contributed by atoms with Gasteiger partial charge in [-0.05, 0) is 85.2 Å². The molecule has 4 nitrogen and oxygen atoms in total. The lowest BCUT2D eigenvalue weighted by atomic mass is 10.0. The second-order valence-electron chi connectivity index (χ2n) is 12.7. The van der Waals surface area contributed by atoms with E-state index in [1.165, 1.54) is 89.0 Å². The number of carbonyl (C=O) groups excluding carboxylic acids is 1. The van der Waals surface area contributed by atoms with Crippen LogP contribution in [0.4, 0.5) is 0 Å². The van der Waals surface area contributed by atoms with Gasteiger partial charge in [-0.2, -0.15) is 0 Å². The molecule has 256 valence electrons. The highest BCUT2D eigenvalue weighted by Gasteiger charge is 2.16. The van der Waals surface area contributed by atoms with Gasteiger partial charge in [0.15, 0.2) is 0 Å². The molecular weight excluding hydrogens is 580 g/mol. The number of esters is 1. The Morgan fingerprint density at radius 2 is 1.13 bits per heavy atom. The Labute approximate surface area is 285 Å². The second kappa shape index (κ2) is 23.7. The van der Waals surface area contributed by atoms with Crippen LogP contribution in [0.15, 0.2) is 79.4 Å². The Morgan fingerprint density at radius 1 is 0.596 bits per heavy atom. The van der Waals surface area contributed by atoms with Crippen LogP contribution in [0, 0.1) is 0 Å². The lowest BCUT2D eigenvalue weighted by Crippen LogP contribution is -2.12. The van der Waals surface area contributed by atoms with Crippen LogP contribution in [0.25, 0.3) is 11.1 Å². The third kappa shape index (κ3) is 15.3. The lowest BCUT2D eigenvalue weighted by molar-refractivity contribution is 0.0730. The number of benzene rings is 3. The Morgan fingerprint density at radius 3 is 1.72 bits per heavy atom. The maximum absolute atomic E-state index is 13.3. The molecular formula is C43H60O4. The normalized spacial score (nSPS) is 10.9. The first kappa shape index (κ1) is 37.9. The highest BCUT2D eigenvalue weighted by molar-refractivity contribution is 5.94. The third-order valence-corrected chi connectivity index (χ3v) is 8.66. The number of carbonyl (C=O) groups is 1. The van der Waals surface area contributed by atoms with E-state index in [4.69, 9.17) is 14.2 Å². The maximum Gasteiger partial charge on any atom is 0.347 e. The summed E-state index contributed by atoms with van der Waals surface area (Å²) in [6, 6.07) is 21.8. The molecule has 0 radical (unpaired) electrons. The number of aryl methyl sites for hydroxylation is 1. The summed E-state index contributed by atoms with van der Waals surface area (Å²) in [5.74, 6) is 1.60. The van der Waals surface area contributed by atoms with Crippen LogP contribution in [0.3, 0.4) is 0 Å². The molecule has 3 aromatic carbocycles. The van der Waals surface area contributed by atoms with Crippen molar-refractivity contribution in [1.82, 2.24) is 0 Å². The monoisotopic (exact) mass is 640 g/mol. The van der Waals surface area contributed by atoms with Crippen molar-refractivity contribution in [3.63, 3.8) is 0 Å². The summed E-state index contributed by atoms with van der Waals surface area (Å²) in [7, 11) is 0. The number of unbranched alkanes of at least 4 members (excludes halogenated alkanes) is 14. The van der Waals surface area contributed by atoms with Gasteiger partial charge < -0.3 is 14.2 Å². The van der Waals surface area contributed by atoms with Gasteiger partial charge in [0.05, 0.1) is 13.2 Å². The molecule has 0 amide bonds. The topological polar surface area (TPSA) is 44.8 Å². The van der Waals surface area contributed by atoms with Gasteiger partial charge in [-0.3, -0.25) is 0 Å². The van der Waals surface area contributed by atoms with Crippen LogP contribution in [0.1, 0.15) is 139 Å². The summed E-state index contributed by atoms with van der Waals surface area (Å²) in [4.78, 5) is 13.3. The number of rotatable bonds is 26. The summed E-state index contributed by atoms with van der Waals surface area (Å²) in [6.07, 6.45) is 23.9. The number of allylic oxidation sites excluding steroid dienone is 1. The van der Waals surface area contributed by atoms with E-state index in [0.29, 0.717) is 23.7 Å². The SMILES string of the molecule is C=CCCCOc1cc(CCCCCCCC)ccc1C(=O)Oc1ccc(-c2ccc(OCCCCCCCCCCC)cc2)cc1. The van der Waals surface area contributed by atoms with E-state index in [0.717, 1.165) is 55.6 Å². The maximum atomic E-state index is 13.3. The van der Waals surface area contributed by atoms with Crippen LogP contribution in [-0.4, -0.2) is 19.2 Å². The van der Waals surface area contributed by atoms with E-state index < -0.39 is 5.97 Å². The molecule has 0 unspecified atom stereocenters. The molecule has 0 fully saturated rings. The van der Waals surface area contributed by atoms with Crippen molar-refractivity contribution in [3.8, 4) is 28.4 Å². The minimum atomic E-state index is -0.406. The molecule has 3 aromatic rings. The molecule has 0 aliphatic carbocycles. The average molecular weight is 641 g/mol. The Kier molecular flexibility index (Phi) is 19.2. The first-order valence-corrected chi connectivity index (χ1v) is 18.6. The van der Waals surface area contributed by atoms with Gasteiger partial charge in [0.2, 0.25) is 0 Å². The first-order chi connectivity index (χ1) is 23.1. The van der Waals surface area contributed by atoms with Crippen molar-refractivity contribution in [3.05, 3.63) is 90.5 Å². The van der Waals surface area contributed by atoms with Gasteiger partial charge >= 0.3 is 5.97 Å². The highest BCUT2D eigenvalue weighted by Crippen LogP contribution is 2.28. The number of hydrogen-bond acceptors (Lipinski definition) is 4. The minimum absolute atomic E-state index is 0.406. The summed E-state index contributed by atoms with van der Waals surface area (Å²) in [5.41, 5.74) is 3.80. The summed E-state index contributed by atoms with van der Waals surface area (Å²) in [6.45, 7) is 9.60. The molecule has 3 rings (SSSR count). The zero-order valence-electron chi connectivity index (χ0n) is 29.4. The van der Waals surface area contributed by atoms with Gasteiger partial charge in [0.1, 0.15) is 22.8 Å². The van der Waals surface area contributed by atoms with Gasteiger partial charge in [-0.15, -0.1) is 6.58 Å². The minimum Gasteiger partial charge on any atom is -0.494 e. The van der Waals surface area contributed by atoms with Gasteiger partial charge in [-0.25, -0.2) is 4.79 Å². The molecule has 0 aromatic heterocycles. The van der Waals surface area contributed by atoms with Crippen molar-refractivity contribution in [2.45, 2.75) is 129 Å². The van der Waals surface area contributed by atoms with E-state index in [2.05, 4.69) is 32.6 Å². The fourth-order valence-corrected chi connectivity index (χ4v) is 5.75. The molecule has 0 saturated heterocycles. The van der Waals surface area contributed by atoms with Crippen LogP contribution < -0.4 is 14.2 Å². The van der Waals surface area contributed by atoms with Gasteiger partial charge in [-0.1, -0.05) is 134 Å². The quantitative estimate of drug-likeness (QED) is 0.0379. The predicted molar refractivity (Wildman–Crippen MR) is 198 cm³/mol. The molecule has 0 heterocycles. The molecule has 4 heteroatoms. The van der Waals surface area contributed by atoms with Crippen molar-refractivity contribution < 1.29 is 19.0 Å². The molecule has 0 saturated carbocycles. The van der Waals surface area contributed by atoms with Gasteiger partial charge in [0, 0.05) is 0 Å². The Hall–Kier alpha value is -3.53. The van der Waals surface area contributed by atoms with E-state index in [9.17, 15) is 4.79 Å². The zero-order valence-corrected chi connectivity index (χ0v) is 29.4. The Bertz CT molecular complexity index is 1260. The molecule has 0 aliphatic rings. The molecule has 0 spiro atoms. The summed E-state index contributed by atoms with van der Waals surface area (Å²) in [5, 5.41) is 0. The third-order valence-electron chi connectivity index (χ3n) is 8.66. The van der Waals surface area contributed by atoms with Crippen molar-refractivity contribution in [2.75, 3.05) is 13.2 Å². The van der Waals surface area contributed by atoms with Crippen molar-refractivity contribution >= 4 is 5.97 Å². The van der Waals surface area contributed by atoms with Crippen molar-refractivity contribution in [1.29, 1.82) is 0 Å². The second-order valence-corrected chi connectivity index (χ2v) is 12.7. The summed E-state index contributed by atoms with van der Waals surface area (Å²) >= 11 is 0. The fraction of sp³-hybridized carbons (Fsp3) is 0.512. The van der Waals surface area contributed by atoms with E-state index >= 15 is 0 Å². The van der Waals surface area contributed by atoms with Crippen molar-refractivity contribution in [2.24, 2.45) is 0 Å². The number of ether oxygens (including phenoxy) is 3. The molecule has 0 atom stereocenters. The van der Waals surface area contributed by atoms with E-state index in [-0.39, 0.29) is 0 Å².